The summed E-state index contributed by atoms with van der Waals surface area (Å²) in [4.78, 5) is 77.5. The topological polar surface area (TPSA) is 139 Å². The van der Waals surface area contributed by atoms with Gasteiger partial charge in [0.05, 0.1) is 22.1 Å². The van der Waals surface area contributed by atoms with Crippen molar-refractivity contribution in [2.24, 2.45) is 0 Å². The van der Waals surface area contributed by atoms with Crippen LogP contribution in [0.1, 0.15) is 83.5 Å². The maximum Gasteiger partial charge on any atom is 0.308 e. The van der Waals surface area contributed by atoms with Crippen LogP contribution in [0.2, 0.25) is 0 Å². The Bertz CT molecular complexity index is 1920. The molecule has 0 aliphatic heterocycles. The van der Waals surface area contributed by atoms with Gasteiger partial charge in [-0.05, 0) is 29.3 Å². The first kappa shape index (κ1) is 29.8. The first-order chi connectivity index (χ1) is 20.9. The van der Waals surface area contributed by atoms with Gasteiger partial charge in [0, 0.05) is 44.6 Å². The molecule has 1 unspecified atom stereocenters. The van der Waals surface area contributed by atoms with E-state index in [0.29, 0.717) is 5.56 Å². The molecule has 0 heterocycles. The summed E-state index contributed by atoms with van der Waals surface area (Å²) in [5.74, 6) is -5.91. The van der Waals surface area contributed by atoms with Crippen molar-refractivity contribution in [3.8, 4) is 23.0 Å². The average Bonchev–Trinajstić information content (AvgIpc) is 2.95. The number of carbonyl (C=O) groups is 6. The molecule has 4 aromatic rings. The second kappa shape index (κ2) is 11.6. The van der Waals surface area contributed by atoms with Gasteiger partial charge in [-0.2, -0.15) is 0 Å². The van der Waals surface area contributed by atoms with E-state index in [-0.39, 0.29) is 56.4 Å². The van der Waals surface area contributed by atoms with Crippen molar-refractivity contribution >= 4 is 46.2 Å². The van der Waals surface area contributed by atoms with Crippen molar-refractivity contribution < 1.29 is 47.7 Å². The molecule has 0 fully saturated rings. The summed E-state index contributed by atoms with van der Waals surface area (Å²) < 4.78 is 22.1. The fraction of sp³-hybridized carbons (Fsp3) is 0.176. The molecule has 0 saturated carbocycles. The van der Waals surface area contributed by atoms with Crippen LogP contribution in [-0.4, -0.2) is 35.4 Å². The van der Waals surface area contributed by atoms with Gasteiger partial charge in [0.15, 0.2) is 17.3 Å². The van der Waals surface area contributed by atoms with Crippen molar-refractivity contribution in [1.82, 2.24) is 0 Å². The van der Waals surface area contributed by atoms with Crippen LogP contribution in [0.4, 0.5) is 0 Å². The highest BCUT2D eigenvalue weighted by Crippen LogP contribution is 2.51. The third-order valence-corrected chi connectivity index (χ3v) is 7.05. The summed E-state index contributed by atoms with van der Waals surface area (Å²) in [6.07, 6.45) is 0. The van der Waals surface area contributed by atoms with Gasteiger partial charge < -0.3 is 18.9 Å². The van der Waals surface area contributed by atoms with E-state index in [9.17, 15) is 28.8 Å². The van der Waals surface area contributed by atoms with Crippen molar-refractivity contribution in [2.75, 3.05) is 0 Å². The fourth-order valence-electron chi connectivity index (χ4n) is 5.34. The molecule has 222 valence electrons. The van der Waals surface area contributed by atoms with Gasteiger partial charge >= 0.3 is 23.9 Å². The van der Waals surface area contributed by atoms with Gasteiger partial charge in [-0.15, -0.1) is 0 Å². The van der Waals surface area contributed by atoms with Gasteiger partial charge in [0.1, 0.15) is 11.5 Å². The molecule has 10 nitrogen and oxygen atoms in total. The molecular formula is C34H26O10. The Morgan fingerprint density at radius 3 is 1.75 bits per heavy atom. The number of fused-ring (bicyclic) bond motifs is 3. The Labute approximate surface area is 251 Å². The molecule has 0 aromatic heterocycles. The zero-order chi connectivity index (χ0) is 31.9. The molecule has 1 aliphatic carbocycles. The largest absolute Gasteiger partial charge is 0.426 e. The van der Waals surface area contributed by atoms with E-state index in [1.807, 2.05) is 37.3 Å². The lowest BCUT2D eigenvalue weighted by Crippen LogP contribution is -2.25. The number of hydrogen-bond donors (Lipinski definition) is 0. The van der Waals surface area contributed by atoms with Crippen LogP contribution in [0.5, 0.6) is 23.0 Å². The van der Waals surface area contributed by atoms with Gasteiger partial charge in [-0.1, -0.05) is 49.4 Å². The van der Waals surface area contributed by atoms with Gasteiger partial charge in [0.25, 0.3) is 0 Å². The first-order valence-corrected chi connectivity index (χ1v) is 13.6. The molecule has 0 radical (unpaired) electrons. The molecule has 44 heavy (non-hydrogen) atoms. The molecular weight excluding hydrogens is 568 g/mol. The second-order valence-electron chi connectivity index (χ2n) is 10.2. The van der Waals surface area contributed by atoms with E-state index in [1.165, 1.54) is 25.1 Å². The normalized spacial score (nSPS) is 12.6. The molecule has 0 N–H and O–H groups in total. The van der Waals surface area contributed by atoms with Gasteiger partial charge in [-0.25, -0.2) is 0 Å². The zero-order valence-electron chi connectivity index (χ0n) is 24.4. The highest BCUT2D eigenvalue weighted by Gasteiger charge is 2.41. The Hall–Kier alpha value is -5.64. The average molecular weight is 595 g/mol. The van der Waals surface area contributed by atoms with Crippen LogP contribution in [0.15, 0.2) is 60.7 Å². The Morgan fingerprint density at radius 2 is 1.14 bits per heavy atom. The fourth-order valence-corrected chi connectivity index (χ4v) is 5.34. The molecule has 5 rings (SSSR count). The predicted molar refractivity (Wildman–Crippen MR) is 156 cm³/mol. The van der Waals surface area contributed by atoms with E-state index in [0.717, 1.165) is 26.3 Å². The molecule has 0 bridgehead atoms. The number of rotatable bonds is 6. The number of ketones is 2. The quantitative estimate of drug-likeness (QED) is 0.184. The summed E-state index contributed by atoms with van der Waals surface area (Å²) in [5, 5.41) is 0.0384. The molecule has 1 atom stereocenters. The Morgan fingerprint density at radius 1 is 0.568 bits per heavy atom. The van der Waals surface area contributed by atoms with Gasteiger partial charge in [-0.3, -0.25) is 28.8 Å². The van der Waals surface area contributed by atoms with Crippen molar-refractivity contribution in [1.29, 1.82) is 0 Å². The smallest absolute Gasteiger partial charge is 0.308 e. The number of carbonyl (C=O) groups excluding carboxylic acids is 6. The molecule has 4 aromatic carbocycles. The van der Waals surface area contributed by atoms with Crippen molar-refractivity contribution in [3.63, 3.8) is 0 Å². The number of benzene rings is 4. The highest BCUT2D eigenvalue weighted by atomic mass is 16.6. The van der Waals surface area contributed by atoms with E-state index in [1.54, 1.807) is 12.1 Å². The minimum absolute atomic E-state index is 0.0519. The molecule has 0 amide bonds. The minimum atomic E-state index is -0.844. The minimum Gasteiger partial charge on any atom is -0.426 e. The Kier molecular flexibility index (Phi) is 7.84. The SMILES string of the molecule is CC(=O)Oc1cccc2c1C(=O)c1c(c(OC(C)=O)c3cc(C(C)c4ccccc4)cc(OC(C)=O)c3c1OC(C)=O)C2=O. The summed E-state index contributed by atoms with van der Waals surface area (Å²) in [6.45, 7) is 6.45. The lowest BCUT2D eigenvalue weighted by molar-refractivity contribution is -0.133. The number of ether oxygens (including phenoxy) is 4. The molecule has 0 saturated heterocycles. The van der Waals surface area contributed by atoms with Crippen LogP contribution in [0.25, 0.3) is 10.8 Å². The predicted octanol–water partition coefficient (Wildman–Crippen LogP) is 5.47. The molecule has 1 aliphatic rings. The van der Waals surface area contributed by atoms with Crippen LogP contribution >= 0.6 is 0 Å². The van der Waals surface area contributed by atoms with Crippen molar-refractivity contribution in [2.45, 2.75) is 40.5 Å². The molecule has 0 spiro atoms. The standard InChI is InChI=1S/C34H26O10/c1-16(21-10-7-6-8-11-21)22-14-24-28(26(15-22)42-18(3)36)34(44-20(5)38)30-29(33(24)43-19(4)37)31(39)23-12-9-13-25(41-17(2)35)27(23)32(30)40/h6-16H,1-5H3. The Balaban J connectivity index is 1.96. The number of esters is 4. The third-order valence-electron chi connectivity index (χ3n) is 7.05. The lowest BCUT2D eigenvalue weighted by atomic mass is 9.80. The second-order valence-corrected chi connectivity index (χ2v) is 10.2. The van der Waals surface area contributed by atoms with Gasteiger partial charge in [0.2, 0.25) is 5.78 Å². The maximum absolute atomic E-state index is 14.3. The lowest BCUT2D eigenvalue weighted by Gasteiger charge is -2.26. The number of hydrogen-bond acceptors (Lipinski definition) is 10. The van der Waals surface area contributed by atoms with E-state index < -0.39 is 41.0 Å². The summed E-state index contributed by atoms with van der Waals surface area (Å²) in [5.41, 5.74) is 0.403. The molecule has 10 heteroatoms. The summed E-state index contributed by atoms with van der Waals surface area (Å²) in [6, 6.07) is 16.8. The van der Waals surface area contributed by atoms with Crippen LogP contribution in [0, 0.1) is 0 Å². The van der Waals surface area contributed by atoms with Crippen LogP contribution in [-0.2, 0) is 19.2 Å². The zero-order valence-corrected chi connectivity index (χ0v) is 24.4. The summed E-state index contributed by atoms with van der Waals surface area (Å²) >= 11 is 0. The van der Waals surface area contributed by atoms with Crippen molar-refractivity contribution in [3.05, 3.63) is 94.0 Å². The monoisotopic (exact) mass is 594 g/mol. The van der Waals surface area contributed by atoms with E-state index in [4.69, 9.17) is 18.9 Å². The van der Waals surface area contributed by atoms with E-state index in [2.05, 4.69) is 0 Å². The van der Waals surface area contributed by atoms with Crippen LogP contribution in [0.3, 0.4) is 0 Å². The van der Waals surface area contributed by atoms with Crippen LogP contribution < -0.4 is 18.9 Å². The highest BCUT2D eigenvalue weighted by molar-refractivity contribution is 6.34. The first-order valence-electron chi connectivity index (χ1n) is 13.6. The maximum atomic E-state index is 14.3. The van der Waals surface area contributed by atoms with E-state index >= 15 is 0 Å². The third kappa shape index (κ3) is 5.33. The summed E-state index contributed by atoms with van der Waals surface area (Å²) in [7, 11) is 0.